The van der Waals surface area contributed by atoms with Gasteiger partial charge in [-0.15, -0.1) is 0 Å². The number of aliphatic carboxylic acids is 1. The lowest BCUT2D eigenvalue weighted by Gasteiger charge is -2.15. The van der Waals surface area contributed by atoms with Crippen LogP contribution in [0.1, 0.15) is 182 Å². The molecular weight excluding hydrogens is 1200 g/mol. The Morgan fingerprint density at radius 3 is 1.02 bits per heavy atom. The average Bonchev–Trinajstić information content (AvgIpc) is 1.24. The smallest absolute Gasteiger partial charge is 0.336 e. The summed E-state index contributed by atoms with van der Waals surface area (Å²) < 4.78 is 0. The number of aryl methyl sites for hydroxylation is 1. The second kappa shape index (κ2) is 35.0. The topological polar surface area (TPSA) is 371 Å². The third-order valence-corrected chi connectivity index (χ3v) is 13.7. The van der Waals surface area contributed by atoms with Gasteiger partial charge < -0.3 is 51.6 Å². The summed E-state index contributed by atoms with van der Waals surface area (Å²) in [5.41, 5.74) is 5.00. The largest absolute Gasteiger partial charge is 0.479 e. The maximum atomic E-state index is 12.3. The SMILES string of the molecule is CC(=O)CCc1ccc(CNC(=O)c2ccccc2C(=O)O)cc1.CC(=O)c1ccc(CNC(=O)c2ccccc2C(=O)O)c(C(C)=O)c1.CC(=O)c1ccc(CNC(=O)c2ccccc2C(=O)O)cc1.O=C(O)c1ccccc1C(=O)NC(C(=O)O)c1ccccc1. The van der Waals surface area contributed by atoms with Gasteiger partial charge in [0.05, 0.1) is 44.5 Å². The average molecular weight is 1260 g/mol. The molecule has 22 heteroatoms. The molecule has 0 saturated heterocycles. The Labute approximate surface area is 533 Å². The first kappa shape index (κ1) is 71.4. The Morgan fingerprint density at radius 2 is 0.667 bits per heavy atom. The first-order valence-corrected chi connectivity index (χ1v) is 28.3. The summed E-state index contributed by atoms with van der Waals surface area (Å²) in [5, 5.41) is 56.0. The number of hydrogen-bond acceptors (Lipinski definition) is 13. The van der Waals surface area contributed by atoms with Crippen molar-refractivity contribution < 1.29 is 87.9 Å². The van der Waals surface area contributed by atoms with E-state index in [0.29, 0.717) is 47.2 Å². The standard InChI is InChI=1S/C19H17NO5.C19H19NO4.C17H15NO4.C16H13NO5/c1-11(21)13-7-8-14(17(9-13)12(2)22)10-20-18(23)15-5-3-4-6-16(15)19(24)25;1-13(21)6-7-14-8-10-15(11-9-14)12-20-18(22)16-4-2-3-5-17(16)19(23)24;1-11(19)13-8-6-12(7-9-13)10-18-16(20)14-4-2-3-5-15(14)17(21)22;18-14(11-8-4-5-9-12(11)15(19)20)17-13(16(21)22)10-6-2-1-3-7-10/h3-9H,10H2,1-2H3,(H,20,23)(H,24,25);2-5,8-11H,6-7,12H2,1H3,(H,20,22)(H,23,24);2-9H,10H2,1H3,(H,18,20)(H,21,22);1-9,13H,(H,17,18)(H,19,20)(H,21,22). The lowest BCUT2D eigenvalue weighted by molar-refractivity contribution is -0.139. The van der Waals surface area contributed by atoms with Crippen molar-refractivity contribution in [3.8, 4) is 0 Å². The van der Waals surface area contributed by atoms with E-state index in [9.17, 15) is 67.4 Å². The second-order valence-electron chi connectivity index (χ2n) is 20.4. The number of carboxylic acids is 5. The van der Waals surface area contributed by atoms with Crippen LogP contribution in [-0.2, 0) is 35.6 Å². The molecule has 476 valence electrons. The zero-order chi connectivity index (χ0) is 68.3. The van der Waals surface area contributed by atoms with Gasteiger partial charge in [-0.05, 0) is 117 Å². The van der Waals surface area contributed by atoms with Crippen LogP contribution in [0.5, 0.6) is 0 Å². The van der Waals surface area contributed by atoms with Crippen LogP contribution in [0.25, 0.3) is 0 Å². The summed E-state index contributed by atoms with van der Waals surface area (Å²) in [6.07, 6.45) is 1.22. The van der Waals surface area contributed by atoms with Gasteiger partial charge in [-0.25, -0.2) is 24.0 Å². The molecule has 0 saturated carbocycles. The highest BCUT2D eigenvalue weighted by Gasteiger charge is 2.25. The molecule has 0 spiro atoms. The number of carbonyl (C=O) groups is 13. The Bertz CT molecular complexity index is 4110. The van der Waals surface area contributed by atoms with Gasteiger partial charge in [0.2, 0.25) is 0 Å². The highest BCUT2D eigenvalue weighted by atomic mass is 16.4. The summed E-state index contributed by atoms with van der Waals surface area (Å²) >= 11 is 0. The van der Waals surface area contributed by atoms with Crippen LogP contribution in [0.15, 0.2) is 194 Å². The van der Waals surface area contributed by atoms with Gasteiger partial charge in [0.15, 0.2) is 23.4 Å². The molecule has 8 rings (SSSR count). The van der Waals surface area contributed by atoms with Gasteiger partial charge in [-0.2, -0.15) is 0 Å². The van der Waals surface area contributed by atoms with Gasteiger partial charge >= 0.3 is 29.8 Å². The van der Waals surface area contributed by atoms with Crippen LogP contribution in [0, 0.1) is 0 Å². The zero-order valence-corrected chi connectivity index (χ0v) is 50.6. The summed E-state index contributed by atoms with van der Waals surface area (Å²) in [7, 11) is 0. The van der Waals surface area contributed by atoms with Crippen LogP contribution < -0.4 is 21.3 Å². The van der Waals surface area contributed by atoms with Gasteiger partial charge in [-0.1, -0.05) is 140 Å². The second-order valence-corrected chi connectivity index (χ2v) is 20.4. The Morgan fingerprint density at radius 1 is 0.333 bits per heavy atom. The number of nitrogens with one attached hydrogen (secondary N) is 4. The Kier molecular flexibility index (Phi) is 26.9. The highest BCUT2D eigenvalue weighted by Crippen LogP contribution is 2.19. The monoisotopic (exact) mass is 1260 g/mol. The van der Waals surface area contributed by atoms with Crippen LogP contribution in [0.2, 0.25) is 0 Å². The fourth-order valence-electron chi connectivity index (χ4n) is 8.72. The number of carboxylic acid groups (broad SMARTS) is 5. The summed E-state index contributed by atoms with van der Waals surface area (Å²) in [4.78, 5) is 150. The Hall–Kier alpha value is -12.3. The molecule has 0 bridgehead atoms. The molecule has 0 radical (unpaired) electrons. The summed E-state index contributed by atoms with van der Waals surface area (Å²) in [5.74, 6) is -8.38. The van der Waals surface area contributed by atoms with Gasteiger partial charge in [0.25, 0.3) is 23.6 Å². The number of hydrogen-bond donors (Lipinski definition) is 9. The van der Waals surface area contributed by atoms with E-state index in [1.54, 1.807) is 104 Å². The van der Waals surface area contributed by atoms with Crippen molar-refractivity contribution in [3.63, 3.8) is 0 Å². The molecule has 22 nitrogen and oxygen atoms in total. The number of ketones is 4. The van der Waals surface area contributed by atoms with Crippen LogP contribution in [-0.4, -0.2) is 102 Å². The van der Waals surface area contributed by atoms with E-state index >= 15 is 0 Å². The Balaban J connectivity index is 0.000000225. The zero-order valence-electron chi connectivity index (χ0n) is 50.6. The highest BCUT2D eigenvalue weighted by molar-refractivity contribution is 6.08. The fraction of sp³-hybridized carbons (Fsp3) is 0.141. The predicted octanol–water partition coefficient (Wildman–Crippen LogP) is 10.0. The summed E-state index contributed by atoms with van der Waals surface area (Å²) in [6, 6.07) is 49.8. The molecule has 93 heavy (non-hydrogen) atoms. The van der Waals surface area contributed by atoms with Crippen molar-refractivity contribution in [2.24, 2.45) is 0 Å². The van der Waals surface area contributed by atoms with Crippen molar-refractivity contribution in [3.05, 3.63) is 283 Å². The molecule has 0 aliphatic carbocycles. The van der Waals surface area contributed by atoms with E-state index in [2.05, 4.69) is 21.3 Å². The molecule has 1 unspecified atom stereocenters. The number of amides is 4. The molecule has 8 aromatic carbocycles. The quantitative estimate of drug-likeness (QED) is 0.0269. The molecule has 0 aromatic heterocycles. The van der Waals surface area contributed by atoms with Gasteiger partial charge in [-0.3, -0.25) is 33.6 Å². The van der Waals surface area contributed by atoms with Gasteiger partial charge in [0, 0.05) is 42.7 Å². The molecule has 4 amide bonds. The van der Waals surface area contributed by atoms with E-state index in [1.165, 1.54) is 93.6 Å². The molecule has 0 heterocycles. The van der Waals surface area contributed by atoms with Crippen molar-refractivity contribution in [1.29, 1.82) is 0 Å². The van der Waals surface area contributed by atoms with Crippen molar-refractivity contribution >= 4 is 76.6 Å². The normalized spacial score (nSPS) is 10.5. The minimum Gasteiger partial charge on any atom is -0.479 e. The third kappa shape index (κ3) is 21.7. The number of Topliss-reactive ketones (excluding diaryl/α,β-unsaturated/α-hetero) is 4. The van der Waals surface area contributed by atoms with Crippen molar-refractivity contribution in [2.45, 2.75) is 66.2 Å². The van der Waals surface area contributed by atoms with Crippen LogP contribution in [0.4, 0.5) is 0 Å². The lowest BCUT2D eigenvalue weighted by atomic mass is 9.99. The molecule has 1 atom stereocenters. The van der Waals surface area contributed by atoms with Crippen LogP contribution >= 0.6 is 0 Å². The van der Waals surface area contributed by atoms with Crippen molar-refractivity contribution in [1.82, 2.24) is 21.3 Å². The summed E-state index contributed by atoms with van der Waals surface area (Å²) in [6.45, 7) is 6.44. The molecule has 8 aromatic rings. The predicted molar refractivity (Wildman–Crippen MR) is 340 cm³/mol. The first-order chi connectivity index (χ1) is 44.3. The number of benzene rings is 8. The number of carbonyl (C=O) groups excluding carboxylic acids is 8. The minimum atomic E-state index is -1.25. The minimum absolute atomic E-state index is 0.0189. The van der Waals surface area contributed by atoms with Crippen LogP contribution in [0.3, 0.4) is 0 Å². The number of aromatic carboxylic acids is 4. The van der Waals surface area contributed by atoms with Crippen molar-refractivity contribution in [2.75, 3.05) is 0 Å². The van der Waals surface area contributed by atoms with E-state index in [1.807, 2.05) is 24.3 Å². The number of rotatable bonds is 23. The lowest BCUT2D eigenvalue weighted by Crippen LogP contribution is -2.34. The molecule has 0 fully saturated rings. The maximum Gasteiger partial charge on any atom is 0.336 e. The molecular formula is C71H64N4O18. The molecule has 0 aliphatic heterocycles. The molecule has 9 N–H and O–H groups in total. The van der Waals surface area contributed by atoms with E-state index < -0.39 is 59.5 Å². The first-order valence-electron chi connectivity index (χ1n) is 28.3. The fourth-order valence-corrected chi connectivity index (χ4v) is 8.72. The van der Waals surface area contributed by atoms with E-state index in [4.69, 9.17) is 20.4 Å². The maximum absolute atomic E-state index is 12.3. The van der Waals surface area contributed by atoms with E-state index in [0.717, 1.165) is 16.7 Å². The third-order valence-electron chi connectivity index (χ3n) is 13.7. The molecule has 0 aliphatic rings. The van der Waals surface area contributed by atoms with Gasteiger partial charge in [0.1, 0.15) is 5.78 Å². The van der Waals surface area contributed by atoms with E-state index in [-0.39, 0.29) is 80.7 Å².